The SMILES string of the molecule is O=C(O)N1CC(=O)N2CCc3c(ccc(Br)c3F)C2C1. The Morgan fingerprint density at radius 2 is 2.20 bits per heavy atom. The van der Waals surface area contributed by atoms with Gasteiger partial charge in [0.1, 0.15) is 12.4 Å². The predicted octanol–water partition coefficient (Wildman–Crippen LogP) is 2.01. The van der Waals surface area contributed by atoms with Gasteiger partial charge in [0, 0.05) is 13.1 Å². The van der Waals surface area contributed by atoms with Crippen molar-refractivity contribution in [2.24, 2.45) is 0 Å². The molecule has 0 spiro atoms. The van der Waals surface area contributed by atoms with Crippen molar-refractivity contribution in [3.8, 4) is 0 Å². The van der Waals surface area contributed by atoms with Gasteiger partial charge in [0.05, 0.1) is 10.5 Å². The molecule has 1 fully saturated rings. The number of halogens is 2. The zero-order chi connectivity index (χ0) is 14.4. The van der Waals surface area contributed by atoms with E-state index in [2.05, 4.69) is 15.9 Å². The Hall–Kier alpha value is -1.63. The van der Waals surface area contributed by atoms with E-state index in [0.717, 1.165) is 4.90 Å². The molecule has 1 saturated heterocycles. The monoisotopic (exact) mass is 342 g/mol. The molecular formula is C13H12BrFN2O3. The number of fused-ring (bicyclic) bond motifs is 3. The molecule has 106 valence electrons. The molecule has 7 heteroatoms. The van der Waals surface area contributed by atoms with E-state index in [1.807, 2.05) is 0 Å². The summed E-state index contributed by atoms with van der Waals surface area (Å²) in [6, 6.07) is 2.97. The second kappa shape index (κ2) is 4.73. The first-order valence-electron chi connectivity index (χ1n) is 6.23. The summed E-state index contributed by atoms with van der Waals surface area (Å²) in [5.74, 6) is -0.542. The van der Waals surface area contributed by atoms with Crippen molar-refractivity contribution < 1.29 is 19.1 Å². The molecule has 2 aliphatic rings. The highest BCUT2D eigenvalue weighted by Crippen LogP contribution is 2.36. The first kappa shape index (κ1) is 13.4. The number of piperazine rings is 1. The smallest absolute Gasteiger partial charge is 0.407 e. The fourth-order valence-corrected chi connectivity index (χ4v) is 3.27. The van der Waals surface area contributed by atoms with E-state index in [-0.39, 0.29) is 24.8 Å². The summed E-state index contributed by atoms with van der Waals surface area (Å²) in [7, 11) is 0. The molecule has 0 saturated carbocycles. The lowest BCUT2D eigenvalue weighted by Crippen LogP contribution is -2.55. The van der Waals surface area contributed by atoms with E-state index in [1.165, 1.54) is 0 Å². The number of carboxylic acid groups (broad SMARTS) is 1. The highest BCUT2D eigenvalue weighted by molar-refractivity contribution is 9.10. The third-order valence-electron chi connectivity index (χ3n) is 3.88. The summed E-state index contributed by atoms with van der Waals surface area (Å²) in [5.41, 5.74) is 1.27. The van der Waals surface area contributed by atoms with Crippen molar-refractivity contribution in [1.29, 1.82) is 0 Å². The molecule has 2 amide bonds. The van der Waals surface area contributed by atoms with Gasteiger partial charge in [0.15, 0.2) is 0 Å². The second-order valence-electron chi connectivity index (χ2n) is 4.95. The number of benzene rings is 1. The molecular weight excluding hydrogens is 331 g/mol. The number of amides is 2. The Kier molecular flexibility index (Phi) is 3.16. The lowest BCUT2D eigenvalue weighted by molar-refractivity contribution is -0.139. The Labute approximate surface area is 123 Å². The van der Waals surface area contributed by atoms with Crippen LogP contribution >= 0.6 is 15.9 Å². The largest absolute Gasteiger partial charge is 0.465 e. The van der Waals surface area contributed by atoms with Gasteiger partial charge in [-0.25, -0.2) is 9.18 Å². The van der Waals surface area contributed by atoms with Crippen LogP contribution in [0.2, 0.25) is 0 Å². The Morgan fingerprint density at radius 1 is 1.45 bits per heavy atom. The van der Waals surface area contributed by atoms with Gasteiger partial charge >= 0.3 is 6.09 Å². The highest BCUT2D eigenvalue weighted by atomic mass is 79.9. The van der Waals surface area contributed by atoms with Gasteiger partial charge in [0.25, 0.3) is 0 Å². The maximum absolute atomic E-state index is 14.1. The van der Waals surface area contributed by atoms with Crippen LogP contribution < -0.4 is 0 Å². The minimum absolute atomic E-state index is 0.125. The maximum atomic E-state index is 14.1. The molecule has 5 nitrogen and oxygen atoms in total. The number of hydrogen-bond donors (Lipinski definition) is 1. The lowest BCUT2D eigenvalue weighted by Gasteiger charge is -2.43. The number of hydrogen-bond acceptors (Lipinski definition) is 2. The van der Waals surface area contributed by atoms with Crippen molar-refractivity contribution >= 4 is 27.9 Å². The van der Waals surface area contributed by atoms with Crippen molar-refractivity contribution in [1.82, 2.24) is 9.80 Å². The minimum Gasteiger partial charge on any atom is -0.465 e. The lowest BCUT2D eigenvalue weighted by atomic mass is 9.90. The summed E-state index contributed by atoms with van der Waals surface area (Å²) in [6.07, 6.45) is -0.668. The van der Waals surface area contributed by atoms with Gasteiger partial charge in [-0.2, -0.15) is 0 Å². The van der Waals surface area contributed by atoms with Crippen LogP contribution in [-0.2, 0) is 11.2 Å². The first-order chi connectivity index (χ1) is 9.49. The molecule has 0 aliphatic carbocycles. The third kappa shape index (κ3) is 1.96. The molecule has 1 atom stereocenters. The number of carbonyl (C=O) groups excluding carboxylic acids is 1. The van der Waals surface area contributed by atoms with E-state index in [4.69, 9.17) is 5.11 Å². The van der Waals surface area contributed by atoms with E-state index in [0.29, 0.717) is 28.6 Å². The quantitative estimate of drug-likeness (QED) is 0.784. The van der Waals surface area contributed by atoms with Crippen LogP contribution in [0.25, 0.3) is 0 Å². The van der Waals surface area contributed by atoms with Crippen LogP contribution in [0.15, 0.2) is 16.6 Å². The van der Waals surface area contributed by atoms with Crippen molar-refractivity contribution in [3.05, 3.63) is 33.5 Å². The number of nitrogens with zero attached hydrogens (tertiary/aromatic N) is 2. The predicted molar refractivity (Wildman–Crippen MR) is 71.9 cm³/mol. The van der Waals surface area contributed by atoms with Crippen molar-refractivity contribution in [2.45, 2.75) is 12.5 Å². The molecule has 2 heterocycles. The molecule has 1 N–H and O–H groups in total. The minimum atomic E-state index is -1.12. The molecule has 0 bridgehead atoms. The molecule has 2 aliphatic heterocycles. The molecule has 20 heavy (non-hydrogen) atoms. The number of rotatable bonds is 0. The third-order valence-corrected chi connectivity index (χ3v) is 4.49. The summed E-state index contributed by atoms with van der Waals surface area (Å²) >= 11 is 3.15. The van der Waals surface area contributed by atoms with E-state index in [9.17, 15) is 14.0 Å². The van der Waals surface area contributed by atoms with E-state index in [1.54, 1.807) is 17.0 Å². The molecule has 1 unspecified atom stereocenters. The second-order valence-corrected chi connectivity index (χ2v) is 5.80. The zero-order valence-electron chi connectivity index (χ0n) is 10.5. The average Bonchev–Trinajstić information content (AvgIpc) is 2.42. The summed E-state index contributed by atoms with van der Waals surface area (Å²) in [5, 5.41) is 9.07. The van der Waals surface area contributed by atoms with Crippen LogP contribution in [-0.4, -0.2) is 46.5 Å². The van der Waals surface area contributed by atoms with Crippen LogP contribution in [0.4, 0.5) is 9.18 Å². The van der Waals surface area contributed by atoms with Gasteiger partial charge in [0.2, 0.25) is 5.91 Å². The molecule has 0 aromatic heterocycles. The normalized spacial score (nSPS) is 21.5. The van der Waals surface area contributed by atoms with E-state index < -0.39 is 12.1 Å². The Balaban J connectivity index is 2.03. The Bertz CT molecular complexity index is 608. The summed E-state index contributed by atoms with van der Waals surface area (Å²) in [4.78, 5) is 25.8. The van der Waals surface area contributed by atoms with Crippen molar-refractivity contribution in [2.75, 3.05) is 19.6 Å². The zero-order valence-corrected chi connectivity index (χ0v) is 12.1. The summed E-state index contributed by atoms with van der Waals surface area (Å²) < 4.78 is 14.5. The molecule has 3 rings (SSSR count). The highest BCUT2D eigenvalue weighted by Gasteiger charge is 2.39. The van der Waals surface area contributed by atoms with Gasteiger partial charge < -0.3 is 10.0 Å². The Morgan fingerprint density at radius 3 is 2.90 bits per heavy atom. The van der Waals surface area contributed by atoms with Crippen molar-refractivity contribution in [3.63, 3.8) is 0 Å². The molecule has 1 aromatic rings. The van der Waals surface area contributed by atoms with Crippen LogP contribution in [0, 0.1) is 5.82 Å². The molecule has 1 aromatic carbocycles. The topological polar surface area (TPSA) is 60.9 Å². The van der Waals surface area contributed by atoms with E-state index >= 15 is 0 Å². The number of carbonyl (C=O) groups is 2. The first-order valence-corrected chi connectivity index (χ1v) is 7.02. The van der Waals surface area contributed by atoms with Crippen LogP contribution in [0.1, 0.15) is 17.2 Å². The van der Waals surface area contributed by atoms with Gasteiger partial charge in [-0.15, -0.1) is 0 Å². The van der Waals surface area contributed by atoms with Gasteiger partial charge in [-0.1, -0.05) is 6.07 Å². The van der Waals surface area contributed by atoms with Gasteiger partial charge in [-0.05, 0) is 39.5 Å². The fraction of sp³-hybridized carbons (Fsp3) is 0.385. The average molecular weight is 343 g/mol. The standard InChI is InChI=1S/C13H12BrFN2O3/c14-9-2-1-7-8(12(9)15)3-4-17-10(7)5-16(13(19)20)6-11(17)18/h1-2,10H,3-6H2,(H,19,20). The molecule has 0 radical (unpaired) electrons. The maximum Gasteiger partial charge on any atom is 0.407 e. The van der Waals surface area contributed by atoms with Crippen LogP contribution in [0.3, 0.4) is 0 Å². The van der Waals surface area contributed by atoms with Gasteiger partial charge in [-0.3, -0.25) is 9.69 Å². The summed E-state index contributed by atoms with van der Waals surface area (Å²) in [6.45, 7) is 0.493. The van der Waals surface area contributed by atoms with Crippen LogP contribution in [0.5, 0.6) is 0 Å². The fourth-order valence-electron chi connectivity index (χ4n) is 2.90.